The van der Waals surface area contributed by atoms with Crippen LogP contribution in [0.4, 0.5) is 0 Å². The molecular weight excluding hydrogens is 220 g/mol. The van der Waals surface area contributed by atoms with Crippen LogP contribution in [0.15, 0.2) is 12.7 Å². The molecule has 94 valence electrons. The van der Waals surface area contributed by atoms with Gasteiger partial charge in [0, 0.05) is 13.1 Å². The third-order valence-electron chi connectivity index (χ3n) is 3.18. The van der Waals surface area contributed by atoms with Crippen LogP contribution in [0.2, 0.25) is 0 Å². The molecule has 1 fully saturated rings. The Morgan fingerprint density at radius 2 is 2.35 bits per heavy atom. The minimum absolute atomic E-state index is 0.0181. The maximum atomic E-state index is 12.2. The molecule has 1 aliphatic rings. The molecular formula is C11H18N4O2. The Balaban J connectivity index is 2.05. The van der Waals surface area contributed by atoms with Crippen LogP contribution >= 0.6 is 0 Å². The number of carbonyl (C=O) groups is 1. The van der Waals surface area contributed by atoms with Crippen molar-refractivity contribution >= 4 is 5.91 Å². The van der Waals surface area contributed by atoms with E-state index >= 15 is 0 Å². The molecule has 6 heteroatoms. The van der Waals surface area contributed by atoms with Crippen LogP contribution in [0, 0.1) is 0 Å². The topological polar surface area (TPSA) is 71.2 Å². The maximum absolute atomic E-state index is 12.2. The van der Waals surface area contributed by atoms with Gasteiger partial charge >= 0.3 is 0 Å². The number of rotatable bonds is 2. The van der Waals surface area contributed by atoms with E-state index in [0.717, 1.165) is 12.8 Å². The Labute approximate surface area is 100 Å². The van der Waals surface area contributed by atoms with Gasteiger partial charge in [-0.2, -0.15) is 5.10 Å². The van der Waals surface area contributed by atoms with Crippen LogP contribution in [-0.4, -0.2) is 49.4 Å². The Morgan fingerprint density at radius 3 is 2.94 bits per heavy atom. The molecule has 1 amide bonds. The Hall–Kier alpha value is -1.43. The lowest BCUT2D eigenvalue weighted by molar-refractivity contribution is -0.140. The summed E-state index contributed by atoms with van der Waals surface area (Å²) < 4.78 is 1.53. The third kappa shape index (κ3) is 2.63. The van der Waals surface area contributed by atoms with E-state index in [1.165, 1.54) is 17.3 Å². The van der Waals surface area contributed by atoms with Gasteiger partial charge in [0.25, 0.3) is 0 Å². The molecule has 2 atom stereocenters. The Morgan fingerprint density at radius 1 is 1.59 bits per heavy atom. The highest BCUT2D eigenvalue weighted by Gasteiger charge is 2.33. The molecule has 1 N–H and O–H groups in total. The van der Waals surface area contributed by atoms with E-state index in [9.17, 15) is 9.90 Å². The summed E-state index contributed by atoms with van der Waals surface area (Å²) in [5, 5.41) is 13.9. The summed E-state index contributed by atoms with van der Waals surface area (Å²) in [7, 11) is 0. The lowest BCUT2D eigenvalue weighted by Gasteiger charge is -2.37. The van der Waals surface area contributed by atoms with E-state index in [4.69, 9.17) is 0 Å². The van der Waals surface area contributed by atoms with Gasteiger partial charge in [0.15, 0.2) is 0 Å². The molecule has 6 nitrogen and oxygen atoms in total. The van der Waals surface area contributed by atoms with E-state index in [0.29, 0.717) is 13.1 Å². The first kappa shape index (κ1) is 12.0. The molecule has 0 aromatic carbocycles. The molecule has 2 heterocycles. The number of nitrogens with zero attached hydrogens (tertiary/aromatic N) is 4. The highest BCUT2D eigenvalue weighted by atomic mass is 16.3. The summed E-state index contributed by atoms with van der Waals surface area (Å²) in [5.41, 5.74) is -0.768. The van der Waals surface area contributed by atoms with Crippen molar-refractivity contribution in [3.8, 4) is 0 Å². The number of β-amino-alcohol motifs (C(OH)–C–C–N with tert-alkyl or cyclic N) is 1. The van der Waals surface area contributed by atoms with Gasteiger partial charge < -0.3 is 10.0 Å². The van der Waals surface area contributed by atoms with Gasteiger partial charge in [-0.15, -0.1) is 0 Å². The fourth-order valence-electron chi connectivity index (χ4n) is 2.20. The quantitative estimate of drug-likeness (QED) is 0.799. The predicted octanol–water partition coefficient (Wildman–Crippen LogP) is 0.212. The number of carbonyl (C=O) groups excluding carboxylic acids is 1. The van der Waals surface area contributed by atoms with Crippen molar-refractivity contribution in [2.75, 3.05) is 13.1 Å². The largest absolute Gasteiger partial charge is 0.388 e. The predicted molar refractivity (Wildman–Crippen MR) is 61.2 cm³/mol. The molecule has 0 bridgehead atoms. The Kier molecular flexibility index (Phi) is 3.15. The fourth-order valence-corrected chi connectivity index (χ4v) is 2.20. The smallest absolute Gasteiger partial charge is 0.247 e. The normalized spacial score (nSPS) is 26.9. The van der Waals surface area contributed by atoms with Crippen molar-refractivity contribution < 1.29 is 9.90 Å². The molecule has 1 aliphatic heterocycles. The molecule has 2 unspecified atom stereocenters. The van der Waals surface area contributed by atoms with Crippen LogP contribution in [0.5, 0.6) is 0 Å². The van der Waals surface area contributed by atoms with Gasteiger partial charge in [0.05, 0.1) is 5.60 Å². The zero-order valence-electron chi connectivity index (χ0n) is 10.2. The van der Waals surface area contributed by atoms with Gasteiger partial charge in [-0.25, -0.2) is 9.67 Å². The van der Waals surface area contributed by atoms with Crippen LogP contribution in [0.3, 0.4) is 0 Å². The van der Waals surface area contributed by atoms with E-state index in [1.807, 2.05) is 0 Å². The number of hydrogen-bond donors (Lipinski definition) is 1. The van der Waals surface area contributed by atoms with Crippen molar-refractivity contribution in [3.63, 3.8) is 0 Å². The van der Waals surface area contributed by atoms with Gasteiger partial charge in [-0.1, -0.05) is 0 Å². The second-order valence-electron chi connectivity index (χ2n) is 4.91. The van der Waals surface area contributed by atoms with E-state index in [1.54, 1.807) is 18.7 Å². The van der Waals surface area contributed by atoms with Gasteiger partial charge in [0.1, 0.15) is 18.7 Å². The minimum Gasteiger partial charge on any atom is -0.388 e. The van der Waals surface area contributed by atoms with Gasteiger partial charge in [-0.05, 0) is 26.7 Å². The number of amides is 1. The maximum Gasteiger partial charge on any atom is 0.247 e. The second kappa shape index (κ2) is 4.44. The molecule has 0 saturated carbocycles. The summed E-state index contributed by atoms with van der Waals surface area (Å²) >= 11 is 0. The third-order valence-corrected chi connectivity index (χ3v) is 3.18. The van der Waals surface area contributed by atoms with Crippen molar-refractivity contribution in [1.29, 1.82) is 0 Å². The minimum atomic E-state index is -0.768. The highest BCUT2D eigenvalue weighted by Crippen LogP contribution is 2.22. The van der Waals surface area contributed by atoms with Crippen molar-refractivity contribution in [3.05, 3.63) is 12.7 Å². The summed E-state index contributed by atoms with van der Waals surface area (Å²) in [5.74, 6) is -0.0181. The first-order valence-corrected chi connectivity index (χ1v) is 5.85. The van der Waals surface area contributed by atoms with Gasteiger partial charge in [0.2, 0.25) is 5.91 Å². The zero-order chi connectivity index (χ0) is 12.5. The van der Waals surface area contributed by atoms with Crippen molar-refractivity contribution in [1.82, 2.24) is 19.7 Å². The number of aliphatic hydroxyl groups is 1. The van der Waals surface area contributed by atoms with Crippen LogP contribution in [0.1, 0.15) is 32.7 Å². The first-order valence-electron chi connectivity index (χ1n) is 5.85. The molecule has 0 aliphatic carbocycles. The summed E-state index contributed by atoms with van der Waals surface area (Å²) in [6.45, 7) is 4.66. The Bertz CT molecular complexity index is 388. The number of hydrogen-bond acceptors (Lipinski definition) is 4. The summed E-state index contributed by atoms with van der Waals surface area (Å²) in [4.78, 5) is 17.7. The van der Waals surface area contributed by atoms with E-state index in [-0.39, 0.29) is 11.9 Å². The molecule has 2 rings (SSSR count). The average molecular weight is 238 g/mol. The molecule has 1 aromatic rings. The van der Waals surface area contributed by atoms with Crippen LogP contribution < -0.4 is 0 Å². The standard InChI is InChI=1S/C11H18N4O2/c1-9(15-8-12-7-13-15)10(16)14-5-3-4-11(2,17)6-14/h7-9,17H,3-6H2,1-2H3. The monoisotopic (exact) mass is 238 g/mol. The van der Waals surface area contributed by atoms with Crippen molar-refractivity contribution in [2.45, 2.75) is 38.3 Å². The lowest BCUT2D eigenvalue weighted by atomic mass is 9.95. The highest BCUT2D eigenvalue weighted by molar-refractivity contribution is 5.80. The summed E-state index contributed by atoms with van der Waals surface area (Å²) in [6.07, 6.45) is 4.53. The zero-order valence-corrected chi connectivity index (χ0v) is 10.2. The molecule has 0 radical (unpaired) electrons. The molecule has 1 aromatic heterocycles. The van der Waals surface area contributed by atoms with E-state index < -0.39 is 5.60 Å². The molecule has 17 heavy (non-hydrogen) atoms. The van der Waals surface area contributed by atoms with Crippen molar-refractivity contribution in [2.24, 2.45) is 0 Å². The second-order valence-corrected chi connectivity index (χ2v) is 4.91. The number of piperidine rings is 1. The number of aromatic nitrogens is 3. The molecule has 1 saturated heterocycles. The average Bonchev–Trinajstić information content (AvgIpc) is 2.79. The number of likely N-dealkylation sites (tertiary alicyclic amines) is 1. The van der Waals surface area contributed by atoms with Crippen LogP contribution in [-0.2, 0) is 4.79 Å². The van der Waals surface area contributed by atoms with Crippen LogP contribution in [0.25, 0.3) is 0 Å². The van der Waals surface area contributed by atoms with Gasteiger partial charge in [-0.3, -0.25) is 4.79 Å². The first-order chi connectivity index (χ1) is 7.99. The lowest BCUT2D eigenvalue weighted by Crippen LogP contribution is -2.50. The summed E-state index contributed by atoms with van der Waals surface area (Å²) in [6, 6.07) is -0.369. The SMILES string of the molecule is CC(C(=O)N1CCCC(C)(O)C1)n1cncn1. The molecule has 0 spiro atoms. The fraction of sp³-hybridized carbons (Fsp3) is 0.727. The van der Waals surface area contributed by atoms with E-state index in [2.05, 4.69) is 10.1 Å².